The van der Waals surface area contributed by atoms with E-state index in [1.807, 2.05) is 36.1 Å². The first-order valence-corrected chi connectivity index (χ1v) is 10.8. The van der Waals surface area contributed by atoms with E-state index in [1.165, 1.54) is 12.1 Å². The molecule has 5 nitrogen and oxygen atoms in total. The van der Waals surface area contributed by atoms with Crippen LogP contribution in [0.15, 0.2) is 54.2 Å². The minimum Gasteiger partial charge on any atom is -0.406 e. The second-order valence-electron chi connectivity index (χ2n) is 8.93. The van der Waals surface area contributed by atoms with Gasteiger partial charge in [-0.25, -0.2) is 4.90 Å². The van der Waals surface area contributed by atoms with Crippen molar-refractivity contribution in [2.75, 3.05) is 18.0 Å². The molecule has 1 saturated heterocycles. The van der Waals surface area contributed by atoms with E-state index in [4.69, 9.17) is 0 Å². The second-order valence-corrected chi connectivity index (χ2v) is 8.93. The lowest BCUT2D eigenvalue weighted by molar-refractivity contribution is -0.274. The Balaban J connectivity index is 1.74. The molecular weight excluding hydrogens is 433 g/mol. The topological polar surface area (TPSA) is 49.9 Å². The monoisotopic (exact) mass is 458 g/mol. The van der Waals surface area contributed by atoms with Gasteiger partial charge in [-0.05, 0) is 55.0 Å². The average molecular weight is 458 g/mol. The maximum atomic E-state index is 13.6. The Kier molecular flexibility index (Phi) is 5.95. The number of anilines is 1. The Morgan fingerprint density at radius 3 is 2.00 bits per heavy atom. The van der Waals surface area contributed by atoms with Crippen LogP contribution in [0.4, 0.5) is 18.9 Å². The summed E-state index contributed by atoms with van der Waals surface area (Å²) in [7, 11) is 0. The highest BCUT2D eigenvalue weighted by molar-refractivity contribution is 6.45. The van der Waals surface area contributed by atoms with Crippen molar-refractivity contribution < 1.29 is 27.5 Å². The molecule has 0 aliphatic carbocycles. The fourth-order valence-corrected chi connectivity index (χ4v) is 4.67. The van der Waals surface area contributed by atoms with Gasteiger partial charge in [0.2, 0.25) is 0 Å². The molecule has 2 amide bonds. The number of piperidine rings is 1. The fourth-order valence-electron chi connectivity index (χ4n) is 4.67. The summed E-state index contributed by atoms with van der Waals surface area (Å²) in [6.07, 6.45) is -3.79. The van der Waals surface area contributed by atoms with Crippen molar-refractivity contribution in [3.8, 4) is 5.75 Å². The molecule has 2 aromatic carbocycles. The highest BCUT2D eigenvalue weighted by Gasteiger charge is 2.43. The van der Waals surface area contributed by atoms with Gasteiger partial charge in [-0.3, -0.25) is 9.59 Å². The van der Waals surface area contributed by atoms with Crippen molar-refractivity contribution in [3.05, 3.63) is 65.4 Å². The third-order valence-electron chi connectivity index (χ3n) is 5.91. The van der Waals surface area contributed by atoms with Gasteiger partial charge >= 0.3 is 6.36 Å². The average Bonchev–Trinajstić information content (AvgIpc) is 2.98. The predicted molar refractivity (Wildman–Crippen MR) is 118 cm³/mol. The van der Waals surface area contributed by atoms with E-state index in [0.29, 0.717) is 41.8 Å². The minimum atomic E-state index is -4.82. The van der Waals surface area contributed by atoms with Crippen LogP contribution in [0.1, 0.15) is 31.4 Å². The number of alkyl halides is 3. The highest BCUT2D eigenvalue weighted by atomic mass is 19.4. The molecule has 2 aliphatic rings. The van der Waals surface area contributed by atoms with E-state index in [-0.39, 0.29) is 5.69 Å². The molecule has 0 bridgehead atoms. The molecule has 0 aromatic heterocycles. The number of benzene rings is 2. The Morgan fingerprint density at radius 1 is 0.879 bits per heavy atom. The third kappa shape index (κ3) is 4.74. The second kappa shape index (κ2) is 8.57. The summed E-state index contributed by atoms with van der Waals surface area (Å²) in [5.74, 6) is -0.668. The SMILES string of the molecule is Cc1ccc(C2=C(N3CC(C)CC(C)C3)C(=O)N(c3ccc(OC(F)(F)F)cc3)C2=O)cc1. The van der Waals surface area contributed by atoms with Crippen LogP contribution in [-0.2, 0) is 9.59 Å². The van der Waals surface area contributed by atoms with E-state index in [2.05, 4.69) is 18.6 Å². The van der Waals surface area contributed by atoms with Gasteiger partial charge in [-0.2, -0.15) is 0 Å². The maximum Gasteiger partial charge on any atom is 0.573 e. The molecule has 2 aliphatic heterocycles. The number of ether oxygens (including phenoxy) is 1. The van der Waals surface area contributed by atoms with Crippen molar-refractivity contribution in [1.29, 1.82) is 0 Å². The standard InChI is InChI=1S/C25H25F3N2O3/c1-15-4-6-18(7-5-15)21-22(29-13-16(2)12-17(3)14-29)24(32)30(23(21)31)19-8-10-20(11-9-19)33-25(26,27)28/h4-11,16-17H,12-14H2,1-3H3. The van der Waals surface area contributed by atoms with Gasteiger partial charge in [0.25, 0.3) is 11.8 Å². The van der Waals surface area contributed by atoms with Gasteiger partial charge < -0.3 is 9.64 Å². The number of imide groups is 1. The lowest BCUT2D eigenvalue weighted by Gasteiger charge is -2.37. The van der Waals surface area contributed by atoms with E-state index in [9.17, 15) is 22.8 Å². The number of aryl methyl sites for hydroxylation is 1. The Morgan fingerprint density at radius 2 is 1.45 bits per heavy atom. The summed E-state index contributed by atoms with van der Waals surface area (Å²) in [5.41, 5.74) is 2.52. The molecule has 0 spiro atoms. The molecule has 174 valence electrons. The number of carbonyl (C=O) groups is 2. The van der Waals surface area contributed by atoms with Gasteiger partial charge in [-0.15, -0.1) is 13.2 Å². The first kappa shape index (κ1) is 22.9. The fraction of sp³-hybridized carbons (Fsp3) is 0.360. The molecule has 4 rings (SSSR count). The highest BCUT2D eigenvalue weighted by Crippen LogP contribution is 2.38. The largest absolute Gasteiger partial charge is 0.573 e. The van der Waals surface area contributed by atoms with Crippen molar-refractivity contribution in [2.24, 2.45) is 11.8 Å². The smallest absolute Gasteiger partial charge is 0.406 e. The number of nitrogens with zero attached hydrogens (tertiary/aromatic N) is 2. The summed E-state index contributed by atoms with van der Waals surface area (Å²) in [5, 5.41) is 0. The van der Waals surface area contributed by atoms with Gasteiger partial charge in [-0.1, -0.05) is 43.7 Å². The van der Waals surface area contributed by atoms with Crippen LogP contribution in [0.25, 0.3) is 5.57 Å². The number of rotatable bonds is 4. The summed E-state index contributed by atoms with van der Waals surface area (Å²) in [6, 6.07) is 12.2. The first-order valence-electron chi connectivity index (χ1n) is 10.8. The lowest BCUT2D eigenvalue weighted by atomic mass is 9.91. The molecular formula is C25H25F3N2O3. The Hall–Kier alpha value is -3.29. The summed E-state index contributed by atoms with van der Waals surface area (Å²) < 4.78 is 41.4. The normalized spacial score (nSPS) is 21.8. The van der Waals surface area contributed by atoms with Crippen LogP contribution in [0.5, 0.6) is 5.75 Å². The van der Waals surface area contributed by atoms with Crippen molar-refractivity contribution in [1.82, 2.24) is 4.90 Å². The van der Waals surface area contributed by atoms with Gasteiger partial charge in [0, 0.05) is 13.1 Å². The van der Waals surface area contributed by atoms with Crippen LogP contribution < -0.4 is 9.64 Å². The number of hydrogen-bond acceptors (Lipinski definition) is 4. The van der Waals surface area contributed by atoms with Crippen LogP contribution >= 0.6 is 0 Å². The summed E-state index contributed by atoms with van der Waals surface area (Å²) >= 11 is 0. The predicted octanol–water partition coefficient (Wildman–Crippen LogP) is 5.16. The third-order valence-corrected chi connectivity index (χ3v) is 5.91. The zero-order valence-corrected chi connectivity index (χ0v) is 18.6. The number of amides is 2. The van der Waals surface area contributed by atoms with Crippen molar-refractivity contribution in [2.45, 2.75) is 33.6 Å². The van der Waals surface area contributed by atoms with Crippen LogP contribution in [0.3, 0.4) is 0 Å². The quantitative estimate of drug-likeness (QED) is 0.595. The van der Waals surface area contributed by atoms with E-state index >= 15 is 0 Å². The molecule has 2 aromatic rings. The van der Waals surface area contributed by atoms with Gasteiger partial charge in [0.1, 0.15) is 11.4 Å². The van der Waals surface area contributed by atoms with E-state index in [0.717, 1.165) is 29.0 Å². The number of carbonyl (C=O) groups excluding carboxylic acids is 2. The maximum absolute atomic E-state index is 13.6. The summed E-state index contributed by atoms with van der Waals surface area (Å²) in [6.45, 7) is 7.48. The number of halogens is 3. The molecule has 8 heteroatoms. The number of likely N-dealkylation sites (tertiary alicyclic amines) is 1. The van der Waals surface area contributed by atoms with Crippen molar-refractivity contribution in [3.63, 3.8) is 0 Å². The molecule has 0 N–H and O–H groups in total. The van der Waals surface area contributed by atoms with Crippen LogP contribution in [-0.4, -0.2) is 36.2 Å². The zero-order valence-electron chi connectivity index (χ0n) is 18.6. The first-order chi connectivity index (χ1) is 15.5. The minimum absolute atomic E-state index is 0.192. The zero-order chi connectivity index (χ0) is 23.9. The molecule has 0 radical (unpaired) electrons. The Labute approximate surface area is 190 Å². The molecule has 0 saturated carbocycles. The molecule has 2 heterocycles. The lowest BCUT2D eigenvalue weighted by Crippen LogP contribution is -2.42. The van der Waals surface area contributed by atoms with Gasteiger partial charge in [0.05, 0.1) is 11.3 Å². The molecule has 2 atom stereocenters. The van der Waals surface area contributed by atoms with Crippen LogP contribution in [0.2, 0.25) is 0 Å². The summed E-state index contributed by atoms with van der Waals surface area (Å²) in [4.78, 5) is 30.1. The molecule has 33 heavy (non-hydrogen) atoms. The molecule has 1 fully saturated rings. The van der Waals surface area contributed by atoms with Gasteiger partial charge in [0.15, 0.2) is 0 Å². The van der Waals surface area contributed by atoms with E-state index < -0.39 is 23.9 Å². The molecule has 2 unspecified atom stereocenters. The van der Waals surface area contributed by atoms with E-state index in [1.54, 1.807) is 0 Å². The van der Waals surface area contributed by atoms with Crippen molar-refractivity contribution >= 4 is 23.1 Å². The Bertz CT molecular complexity index is 1080. The van der Waals surface area contributed by atoms with Crippen LogP contribution in [0, 0.1) is 18.8 Å². The number of hydrogen-bond donors (Lipinski definition) is 0.